The predicted octanol–water partition coefficient (Wildman–Crippen LogP) is -0.0508. The highest BCUT2D eigenvalue weighted by Gasteiger charge is 2.00. The first-order chi connectivity index (χ1) is 7.41. The summed E-state index contributed by atoms with van der Waals surface area (Å²) in [6.45, 7) is 0. The highest BCUT2D eigenvalue weighted by Crippen LogP contribution is 2.15. The second-order valence-corrected chi connectivity index (χ2v) is 3.56. The van der Waals surface area contributed by atoms with Gasteiger partial charge in [0.05, 0.1) is 0 Å². The van der Waals surface area contributed by atoms with E-state index in [1.54, 1.807) is 0 Å². The Morgan fingerprint density at radius 3 is 1.44 bits per heavy atom. The molecule has 0 bridgehead atoms. The zero-order valence-electron chi connectivity index (χ0n) is 7.65. The van der Waals surface area contributed by atoms with Gasteiger partial charge in [0.15, 0.2) is 0 Å². The third kappa shape index (κ3) is 9.36. The topological polar surface area (TPSA) is 127 Å². The molecule has 90 valence electrons. The summed E-state index contributed by atoms with van der Waals surface area (Å²) in [7, 11) is -6.68. The lowest BCUT2D eigenvalue weighted by Crippen LogP contribution is -1.93. The summed E-state index contributed by atoms with van der Waals surface area (Å²) in [5.41, 5.74) is 0. The van der Waals surface area contributed by atoms with E-state index in [4.69, 9.17) is 9.79 Å². The molecule has 0 aromatic carbocycles. The number of carbonyl (C=O) groups excluding carboxylic acids is 2. The van der Waals surface area contributed by atoms with Gasteiger partial charge in [-0.25, -0.2) is 18.7 Å². The summed E-state index contributed by atoms with van der Waals surface area (Å²) in [6, 6.07) is 0. The molecule has 16 heavy (non-hydrogen) atoms. The third-order valence-corrected chi connectivity index (χ3v) is 1.70. The fourth-order valence-corrected chi connectivity index (χ4v) is 0.989. The molecule has 0 aromatic heterocycles. The zero-order valence-corrected chi connectivity index (χ0v) is 9.65. The van der Waals surface area contributed by atoms with Gasteiger partial charge in [0.25, 0.3) is 0 Å². The Balaban J connectivity index is 4.04. The molecule has 0 rings (SSSR count). The first-order valence-electron chi connectivity index (χ1n) is 3.66. The number of carbonyl (C=O) groups is 2. The maximum absolute atomic E-state index is 10.6. The fraction of sp³-hybridized carbons (Fsp3) is 0. The van der Waals surface area contributed by atoms with Crippen molar-refractivity contribution in [3.05, 3.63) is 24.3 Å². The van der Waals surface area contributed by atoms with Crippen LogP contribution in [-0.2, 0) is 27.8 Å². The van der Waals surface area contributed by atoms with Gasteiger partial charge in [-0.3, -0.25) is 0 Å². The van der Waals surface area contributed by atoms with Crippen molar-refractivity contribution in [1.29, 1.82) is 0 Å². The van der Waals surface area contributed by atoms with Crippen LogP contribution in [0.5, 0.6) is 0 Å². The standard InChI is InChI=1S/C6H8O8P2/c7-5(13-15(9)10)3-1-2-4-6(8)14-16(11)12/h1-4,15-16H,(H,9,10)(H,11,12)/b3-1-,4-2-. The van der Waals surface area contributed by atoms with Crippen LogP contribution in [0.25, 0.3) is 0 Å². The summed E-state index contributed by atoms with van der Waals surface area (Å²) >= 11 is 0. The van der Waals surface area contributed by atoms with Gasteiger partial charge < -0.3 is 18.8 Å². The smallest absolute Gasteiger partial charge is 0.367 e. The zero-order chi connectivity index (χ0) is 12.6. The van der Waals surface area contributed by atoms with Crippen LogP contribution in [0.15, 0.2) is 24.3 Å². The Morgan fingerprint density at radius 1 is 0.875 bits per heavy atom. The minimum absolute atomic E-state index is 0.782. The van der Waals surface area contributed by atoms with Crippen molar-refractivity contribution in [1.82, 2.24) is 0 Å². The maximum atomic E-state index is 10.6. The molecule has 0 aliphatic heterocycles. The highest BCUT2D eigenvalue weighted by atomic mass is 31.1. The molecule has 0 heterocycles. The van der Waals surface area contributed by atoms with Crippen molar-refractivity contribution < 1.29 is 37.6 Å². The summed E-state index contributed by atoms with van der Waals surface area (Å²) in [5.74, 6) is -2.11. The first kappa shape index (κ1) is 14.8. The number of hydrogen-bond acceptors (Lipinski definition) is 6. The fourth-order valence-electron chi connectivity index (χ4n) is 0.508. The van der Waals surface area contributed by atoms with Gasteiger partial charge in [-0.2, -0.15) is 0 Å². The molecular formula is C6H8O8P2. The SMILES string of the molecule is O=C(/C=C\C=C/C(=O)O[PH](=O)O)O[PH](=O)O. The van der Waals surface area contributed by atoms with Crippen molar-refractivity contribution in [3.63, 3.8) is 0 Å². The Morgan fingerprint density at radius 2 is 1.19 bits per heavy atom. The van der Waals surface area contributed by atoms with Crippen LogP contribution < -0.4 is 0 Å². The van der Waals surface area contributed by atoms with Gasteiger partial charge >= 0.3 is 28.4 Å². The predicted molar refractivity (Wildman–Crippen MR) is 52.9 cm³/mol. The number of rotatable bonds is 5. The number of hydrogen-bond donors (Lipinski definition) is 2. The quantitative estimate of drug-likeness (QED) is 0.404. The second-order valence-electron chi connectivity index (χ2n) is 2.09. The molecule has 0 saturated carbocycles. The molecule has 2 unspecified atom stereocenters. The molecule has 0 aliphatic rings. The van der Waals surface area contributed by atoms with Crippen LogP contribution in [0.4, 0.5) is 0 Å². The Labute approximate surface area is 91.1 Å². The van der Waals surface area contributed by atoms with Crippen LogP contribution in [0.2, 0.25) is 0 Å². The molecule has 10 heteroatoms. The lowest BCUT2D eigenvalue weighted by atomic mass is 10.4. The van der Waals surface area contributed by atoms with Crippen molar-refractivity contribution >= 4 is 28.4 Å². The monoisotopic (exact) mass is 270 g/mol. The van der Waals surface area contributed by atoms with Crippen molar-refractivity contribution in [2.45, 2.75) is 0 Å². The molecule has 2 atom stereocenters. The van der Waals surface area contributed by atoms with Crippen molar-refractivity contribution in [2.75, 3.05) is 0 Å². The molecule has 0 radical (unpaired) electrons. The summed E-state index contributed by atoms with van der Waals surface area (Å²) in [4.78, 5) is 37.6. The Kier molecular flexibility index (Phi) is 7.41. The molecule has 8 nitrogen and oxygen atoms in total. The molecular weight excluding hydrogens is 262 g/mol. The normalized spacial score (nSPS) is 14.9. The van der Waals surface area contributed by atoms with E-state index in [9.17, 15) is 18.7 Å². The number of allylic oxidation sites excluding steroid dienone is 2. The van der Waals surface area contributed by atoms with Gasteiger partial charge in [0.2, 0.25) is 0 Å². The lowest BCUT2D eigenvalue weighted by Gasteiger charge is -1.93. The molecule has 2 N–H and O–H groups in total. The van der Waals surface area contributed by atoms with E-state index in [2.05, 4.69) is 9.05 Å². The van der Waals surface area contributed by atoms with Gasteiger partial charge in [0.1, 0.15) is 0 Å². The summed E-state index contributed by atoms with van der Waals surface area (Å²) < 4.78 is 27.8. The molecule has 0 aromatic rings. The van der Waals surface area contributed by atoms with E-state index in [1.807, 2.05) is 0 Å². The largest absolute Gasteiger partial charge is 0.390 e. The van der Waals surface area contributed by atoms with E-state index in [-0.39, 0.29) is 0 Å². The summed E-state index contributed by atoms with van der Waals surface area (Å²) in [6.07, 6.45) is 3.63. The molecule has 0 aliphatic carbocycles. The third-order valence-electron chi connectivity index (χ3n) is 0.952. The Hall–Kier alpha value is -1.20. The first-order valence-corrected chi connectivity index (χ1v) is 6.18. The molecule has 0 spiro atoms. The van der Waals surface area contributed by atoms with E-state index >= 15 is 0 Å². The van der Waals surface area contributed by atoms with Crippen molar-refractivity contribution in [2.24, 2.45) is 0 Å². The van der Waals surface area contributed by atoms with Crippen molar-refractivity contribution in [3.8, 4) is 0 Å². The van der Waals surface area contributed by atoms with E-state index in [0.29, 0.717) is 0 Å². The van der Waals surface area contributed by atoms with Crippen LogP contribution in [0, 0.1) is 0 Å². The van der Waals surface area contributed by atoms with Crippen LogP contribution in [0.1, 0.15) is 0 Å². The van der Waals surface area contributed by atoms with Crippen LogP contribution in [-0.4, -0.2) is 21.7 Å². The maximum Gasteiger partial charge on any atom is 0.367 e. The van der Waals surface area contributed by atoms with Crippen LogP contribution in [0.3, 0.4) is 0 Å². The van der Waals surface area contributed by atoms with E-state index < -0.39 is 28.4 Å². The van der Waals surface area contributed by atoms with E-state index in [1.165, 1.54) is 0 Å². The summed E-state index contributed by atoms with van der Waals surface area (Å²) in [5, 5.41) is 0. The average Bonchev–Trinajstić information content (AvgIpc) is 2.10. The molecule has 0 saturated heterocycles. The van der Waals surface area contributed by atoms with Gasteiger partial charge in [-0.05, 0) is 0 Å². The van der Waals surface area contributed by atoms with Crippen LogP contribution >= 0.6 is 16.5 Å². The molecule has 0 fully saturated rings. The van der Waals surface area contributed by atoms with E-state index in [0.717, 1.165) is 24.3 Å². The second kappa shape index (κ2) is 8.01. The lowest BCUT2D eigenvalue weighted by molar-refractivity contribution is -0.130. The molecule has 0 amide bonds. The Bertz CT molecular complexity index is 335. The van der Waals surface area contributed by atoms with Gasteiger partial charge in [0, 0.05) is 12.2 Å². The average molecular weight is 270 g/mol. The minimum Gasteiger partial charge on any atom is -0.390 e. The van der Waals surface area contributed by atoms with Gasteiger partial charge in [-0.1, -0.05) is 12.2 Å². The highest BCUT2D eigenvalue weighted by molar-refractivity contribution is 7.33. The van der Waals surface area contributed by atoms with Gasteiger partial charge in [-0.15, -0.1) is 0 Å². The minimum atomic E-state index is -3.34.